The van der Waals surface area contributed by atoms with Crippen molar-refractivity contribution in [3.8, 4) is 0 Å². The number of hydrogen-bond donors (Lipinski definition) is 0. The van der Waals surface area contributed by atoms with Crippen LogP contribution in [0, 0.1) is 0 Å². The maximum Gasteiger partial charge on any atom is 0.414 e. The van der Waals surface area contributed by atoms with E-state index in [1.165, 1.54) is 24.1 Å². The zero-order valence-corrected chi connectivity index (χ0v) is 11.4. The number of fused-ring (bicyclic) bond motifs is 1. The SMILES string of the molecule is CCOC(=O)N1CCc2cc(N3CCCC3)ccc21. The first-order valence-electron chi connectivity index (χ1n) is 7.12. The quantitative estimate of drug-likeness (QED) is 0.819. The predicted octanol–water partition coefficient (Wildman–Crippen LogP) is 2.81. The van der Waals surface area contributed by atoms with E-state index in [2.05, 4.69) is 23.1 Å². The topological polar surface area (TPSA) is 32.8 Å². The summed E-state index contributed by atoms with van der Waals surface area (Å²) in [4.78, 5) is 16.0. The van der Waals surface area contributed by atoms with Gasteiger partial charge in [-0.3, -0.25) is 4.90 Å². The smallest absolute Gasteiger partial charge is 0.414 e. The predicted molar refractivity (Wildman–Crippen MR) is 76.0 cm³/mol. The van der Waals surface area contributed by atoms with Crippen LogP contribution in [0.3, 0.4) is 0 Å². The Morgan fingerprint density at radius 2 is 2.05 bits per heavy atom. The number of rotatable bonds is 2. The van der Waals surface area contributed by atoms with E-state index in [1.54, 1.807) is 4.90 Å². The fraction of sp³-hybridized carbons (Fsp3) is 0.533. The van der Waals surface area contributed by atoms with Crippen molar-refractivity contribution in [2.24, 2.45) is 0 Å². The van der Waals surface area contributed by atoms with Crippen molar-refractivity contribution < 1.29 is 9.53 Å². The number of nitrogens with zero attached hydrogens (tertiary/aromatic N) is 2. The van der Waals surface area contributed by atoms with Crippen molar-refractivity contribution in [1.82, 2.24) is 0 Å². The van der Waals surface area contributed by atoms with Crippen LogP contribution >= 0.6 is 0 Å². The molecule has 1 aromatic carbocycles. The second-order valence-corrected chi connectivity index (χ2v) is 5.11. The molecule has 0 spiro atoms. The lowest BCUT2D eigenvalue weighted by molar-refractivity contribution is 0.160. The van der Waals surface area contributed by atoms with E-state index in [-0.39, 0.29) is 6.09 Å². The molecule has 0 aromatic heterocycles. The van der Waals surface area contributed by atoms with Crippen LogP contribution in [0.4, 0.5) is 16.2 Å². The summed E-state index contributed by atoms with van der Waals surface area (Å²) in [5.74, 6) is 0. The van der Waals surface area contributed by atoms with E-state index >= 15 is 0 Å². The van der Waals surface area contributed by atoms with E-state index in [9.17, 15) is 4.79 Å². The molecule has 0 aliphatic carbocycles. The highest BCUT2D eigenvalue weighted by Crippen LogP contribution is 2.33. The van der Waals surface area contributed by atoms with Gasteiger partial charge < -0.3 is 9.64 Å². The molecule has 1 saturated heterocycles. The Kier molecular flexibility index (Phi) is 3.32. The molecule has 0 unspecified atom stereocenters. The second kappa shape index (κ2) is 5.11. The summed E-state index contributed by atoms with van der Waals surface area (Å²) < 4.78 is 5.09. The number of amides is 1. The lowest BCUT2D eigenvalue weighted by Crippen LogP contribution is -2.29. The van der Waals surface area contributed by atoms with Gasteiger partial charge in [-0.1, -0.05) is 0 Å². The molecule has 102 valence electrons. The maximum atomic E-state index is 11.8. The van der Waals surface area contributed by atoms with E-state index in [0.717, 1.165) is 31.7 Å². The van der Waals surface area contributed by atoms with Gasteiger partial charge in [-0.25, -0.2) is 4.79 Å². The zero-order chi connectivity index (χ0) is 13.2. The Morgan fingerprint density at radius 3 is 2.79 bits per heavy atom. The van der Waals surface area contributed by atoms with Crippen LogP contribution in [0.25, 0.3) is 0 Å². The molecule has 3 rings (SSSR count). The van der Waals surface area contributed by atoms with E-state index in [1.807, 2.05) is 6.92 Å². The molecule has 19 heavy (non-hydrogen) atoms. The average Bonchev–Trinajstić information content (AvgIpc) is 3.07. The highest BCUT2D eigenvalue weighted by molar-refractivity contribution is 5.90. The molecule has 2 aliphatic heterocycles. The molecule has 1 aromatic rings. The van der Waals surface area contributed by atoms with Crippen LogP contribution in [0.5, 0.6) is 0 Å². The first-order valence-corrected chi connectivity index (χ1v) is 7.12. The van der Waals surface area contributed by atoms with Crippen molar-refractivity contribution in [3.63, 3.8) is 0 Å². The summed E-state index contributed by atoms with van der Waals surface area (Å²) >= 11 is 0. The largest absolute Gasteiger partial charge is 0.449 e. The summed E-state index contributed by atoms with van der Waals surface area (Å²) in [7, 11) is 0. The van der Waals surface area contributed by atoms with E-state index in [4.69, 9.17) is 4.74 Å². The summed E-state index contributed by atoms with van der Waals surface area (Å²) in [5.41, 5.74) is 3.57. The van der Waals surface area contributed by atoms with Gasteiger partial charge in [0.1, 0.15) is 0 Å². The van der Waals surface area contributed by atoms with Gasteiger partial charge in [0.2, 0.25) is 0 Å². The van der Waals surface area contributed by atoms with Crippen LogP contribution in [0.2, 0.25) is 0 Å². The summed E-state index contributed by atoms with van der Waals surface area (Å²) in [6, 6.07) is 6.43. The Hall–Kier alpha value is -1.71. The Morgan fingerprint density at radius 1 is 1.26 bits per heavy atom. The summed E-state index contributed by atoms with van der Waals surface area (Å²) in [6.07, 6.45) is 3.27. The van der Waals surface area contributed by atoms with Crippen molar-refractivity contribution in [1.29, 1.82) is 0 Å². The van der Waals surface area contributed by atoms with Gasteiger partial charge in [0.15, 0.2) is 0 Å². The number of hydrogen-bond acceptors (Lipinski definition) is 3. The monoisotopic (exact) mass is 260 g/mol. The standard InChI is InChI=1S/C15H20N2O2/c1-2-19-15(18)17-10-7-12-11-13(5-6-14(12)17)16-8-3-4-9-16/h5-6,11H,2-4,7-10H2,1H3. The molecule has 4 heteroatoms. The number of carbonyl (C=O) groups excluding carboxylic acids is 1. The molecule has 4 nitrogen and oxygen atoms in total. The van der Waals surface area contributed by atoms with Crippen molar-refractivity contribution in [3.05, 3.63) is 23.8 Å². The van der Waals surface area contributed by atoms with Gasteiger partial charge in [-0.05, 0) is 49.9 Å². The van der Waals surface area contributed by atoms with Gasteiger partial charge >= 0.3 is 6.09 Å². The lowest BCUT2D eigenvalue weighted by Gasteiger charge is -2.20. The Bertz CT molecular complexity index is 481. The summed E-state index contributed by atoms with van der Waals surface area (Å²) in [5, 5.41) is 0. The summed E-state index contributed by atoms with van der Waals surface area (Å²) in [6.45, 7) is 5.31. The minimum atomic E-state index is -0.227. The van der Waals surface area contributed by atoms with Crippen LogP contribution in [0.1, 0.15) is 25.3 Å². The molecule has 0 bridgehead atoms. The van der Waals surface area contributed by atoms with Crippen molar-refractivity contribution in [2.75, 3.05) is 36.0 Å². The molecule has 0 N–H and O–H groups in total. The fourth-order valence-corrected chi connectivity index (χ4v) is 2.95. The molecule has 1 amide bonds. The van der Waals surface area contributed by atoms with Crippen LogP contribution < -0.4 is 9.80 Å². The molecular weight excluding hydrogens is 240 g/mol. The Balaban J connectivity index is 1.81. The van der Waals surface area contributed by atoms with Crippen molar-refractivity contribution in [2.45, 2.75) is 26.2 Å². The van der Waals surface area contributed by atoms with Crippen LogP contribution in [-0.2, 0) is 11.2 Å². The number of anilines is 2. The second-order valence-electron chi connectivity index (χ2n) is 5.11. The molecule has 0 radical (unpaired) electrons. The first-order chi connectivity index (χ1) is 9.29. The van der Waals surface area contributed by atoms with Gasteiger partial charge in [0.25, 0.3) is 0 Å². The molecule has 0 atom stereocenters. The van der Waals surface area contributed by atoms with E-state index < -0.39 is 0 Å². The number of ether oxygens (including phenoxy) is 1. The highest BCUT2D eigenvalue weighted by Gasteiger charge is 2.26. The lowest BCUT2D eigenvalue weighted by atomic mass is 10.1. The fourth-order valence-electron chi connectivity index (χ4n) is 2.95. The normalized spacial score (nSPS) is 17.7. The molecular formula is C15H20N2O2. The van der Waals surface area contributed by atoms with Crippen molar-refractivity contribution >= 4 is 17.5 Å². The number of carbonyl (C=O) groups is 1. The van der Waals surface area contributed by atoms with Gasteiger partial charge in [0, 0.05) is 25.3 Å². The van der Waals surface area contributed by atoms with Crippen LogP contribution in [0.15, 0.2) is 18.2 Å². The Labute approximate surface area is 113 Å². The highest BCUT2D eigenvalue weighted by atomic mass is 16.6. The molecule has 2 aliphatic rings. The third kappa shape index (κ3) is 2.27. The third-order valence-electron chi connectivity index (χ3n) is 3.92. The van der Waals surface area contributed by atoms with Gasteiger partial charge in [0.05, 0.1) is 12.3 Å². The number of benzene rings is 1. The molecule has 1 fully saturated rings. The molecule has 0 saturated carbocycles. The van der Waals surface area contributed by atoms with Gasteiger partial charge in [-0.2, -0.15) is 0 Å². The van der Waals surface area contributed by atoms with E-state index in [0.29, 0.717) is 6.61 Å². The van der Waals surface area contributed by atoms with Gasteiger partial charge in [-0.15, -0.1) is 0 Å². The zero-order valence-electron chi connectivity index (χ0n) is 11.4. The minimum absolute atomic E-state index is 0.227. The third-order valence-corrected chi connectivity index (χ3v) is 3.92. The average molecular weight is 260 g/mol. The maximum absolute atomic E-state index is 11.8. The molecule has 2 heterocycles. The first kappa shape index (κ1) is 12.3. The van der Waals surface area contributed by atoms with Crippen LogP contribution in [-0.4, -0.2) is 32.3 Å². The minimum Gasteiger partial charge on any atom is -0.449 e.